The van der Waals surface area contributed by atoms with E-state index < -0.39 is 0 Å². The molecule has 2 aromatic rings. The van der Waals surface area contributed by atoms with Crippen molar-refractivity contribution >= 4 is 16.7 Å². The lowest BCUT2D eigenvalue weighted by atomic mass is 9.96. The second-order valence-corrected chi connectivity index (χ2v) is 3.76. The molecule has 1 aliphatic heterocycles. The van der Waals surface area contributed by atoms with Gasteiger partial charge in [-0.2, -0.15) is 0 Å². The van der Waals surface area contributed by atoms with Gasteiger partial charge in [0.1, 0.15) is 6.61 Å². The fraction of sp³-hybridized carbons (Fsp3) is 0.154. The van der Waals surface area contributed by atoms with Crippen LogP contribution in [0.3, 0.4) is 0 Å². The fourth-order valence-electron chi connectivity index (χ4n) is 2.08. The Morgan fingerprint density at radius 3 is 2.87 bits per heavy atom. The summed E-state index contributed by atoms with van der Waals surface area (Å²) in [5.41, 5.74) is 2.26. The van der Waals surface area contributed by atoms with Crippen LogP contribution in [0.1, 0.15) is 11.1 Å². The Balaban J connectivity index is 2.32. The fourth-order valence-corrected chi connectivity index (χ4v) is 2.08. The molecule has 0 atom stereocenters. The minimum Gasteiger partial charge on any atom is -0.461 e. The van der Waals surface area contributed by atoms with E-state index in [-0.39, 0.29) is 5.97 Å². The first-order chi connectivity index (χ1) is 7.34. The van der Waals surface area contributed by atoms with E-state index in [9.17, 15) is 4.79 Å². The summed E-state index contributed by atoms with van der Waals surface area (Å²) in [5.74, 6) is -0.126. The SMILES string of the molecule is O=C1Cc2c(ccc3ccccc23)CO1. The number of esters is 1. The molecular weight excluding hydrogens is 188 g/mol. The second kappa shape index (κ2) is 3.09. The Hall–Kier alpha value is -1.83. The second-order valence-electron chi connectivity index (χ2n) is 3.76. The Labute approximate surface area is 87.5 Å². The third kappa shape index (κ3) is 1.30. The van der Waals surface area contributed by atoms with Crippen molar-refractivity contribution in [3.63, 3.8) is 0 Å². The van der Waals surface area contributed by atoms with Crippen LogP contribution in [0.25, 0.3) is 10.8 Å². The van der Waals surface area contributed by atoms with Crippen molar-refractivity contribution in [3.05, 3.63) is 47.5 Å². The normalized spacial score (nSPS) is 14.8. The zero-order valence-corrected chi connectivity index (χ0v) is 8.19. The van der Waals surface area contributed by atoms with E-state index in [1.165, 1.54) is 10.8 Å². The lowest BCUT2D eigenvalue weighted by Gasteiger charge is -2.17. The molecular formula is C13H10O2. The number of hydrogen-bond donors (Lipinski definition) is 0. The van der Waals surface area contributed by atoms with Gasteiger partial charge in [0.2, 0.25) is 0 Å². The lowest BCUT2D eigenvalue weighted by Crippen LogP contribution is -2.16. The number of cyclic esters (lactones) is 1. The average Bonchev–Trinajstić information content (AvgIpc) is 2.29. The smallest absolute Gasteiger partial charge is 0.310 e. The molecule has 2 heteroatoms. The van der Waals surface area contributed by atoms with Gasteiger partial charge >= 0.3 is 5.97 Å². The van der Waals surface area contributed by atoms with E-state index in [0.717, 1.165) is 11.1 Å². The minimum absolute atomic E-state index is 0.126. The summed E-state index contributed by atoms with van der Waals surface area (Å²) in [7, 11) is 0. The van der Waals surface area contributed by atoms with Crippen LogP contribution in [0.15, 0.2) is 36.4 Å². The third-order valence-corrected chi connectivity index (χ3v) is 2.85. The van der Waals surface area contributed by atoms with Crippen molar-refractivity contribution in [2.24, 2.45) is 0 Å². The third-order valence-electron chi connectivity index (χ3n) is 2.85. The first-order valence-corrected chi connectivity index (χ1v) is 5.00. The van der Waals surface area contributed by atoms with E-state index in [2.05, 4.69) is 18.2 Å². The van der Waals surface area contributed by atoms with Crippen LogP contribution in [0.2, 0.25) is 0 Å². The molecule has 0 bridgehead atoms. The molecule has 1 heterocycles. The van der Waals surface area contributed by atoms with Gasteiger partial charge in [-0.25, -0.2) is 0 Å². The van der Waals surface area contributed by atoms with E-state index in [1.807, 2.05) is 18.2 Å². The summed E-state index contributed by atoms with van der Waals surface area (Å²) in [5, 5.41) is 2.36. The molecule has 2 nitrogen and oxygen atoms in total. The largest absolute Gasteiger partial charge is 0.461 e. The van der Waals surface area contributed by atoms with Gasteiger partial charge in [0.25, 0.3) is 0 Å². The quantitative estimate of drug-likeness (QED) is 0.608. The van der Waals surface area contributed by atoms with Gasteiger partial charge in [0, 0.05) is 0 Å². The molecule has 0 fully saturated rings. The van der Waals surface area contributed by atoms with Crippen LogP contribution in [-0.2, 0) is 22.6 Å². The first kappa shape index (κ1) is 8.48. The number of fused-ring (bicyclic) bond motifs is 3. The maximum Gasteiger partial charge on any atom is 0.310 e. The number of ether oxygens (including phenoxy) is 1. The zero-order valence-electron chi connectivity index (χ0n) is 8.19. The predicted octanol–water partition coefficient (Wildman–Crippen LogP) is 2.44. The summed E-state index contributed by atoms with van der Waals surface area (Å²) >= 11 is 0. The van der Waals surface area contributed by atoms with Crippen molar-refractivity contribution in [3.8, 4) is 0 Å². The highest BCUT2D eigenvalue weighted by Gasteiger charge is 2.18. The lowest BCUT2D eigenvalue weighted by molar-refractivity contribution is -0.145. The Kier molecular flexibility index (Phi) is 1.75. The monoisotopic (exact) mass is 198 g/mol. The number of carbonyl (C=O) groups is 1. The molecule has 2 aromatic carbocycles. The van der Waals surface area contributed by atoms with Crippen LogP contribution in [-0.4, -0.2) is 5.97 Å². The molecule has 0 saturated heterocycles. The van der Waals surface area contributed by atoms with Crippen molar-refractivity contribution in [1.82, 2.24) is 0 Å². The summed E-state index contributed by atoms with van der Waals surface area (Å²) in [6, 6.07) is 12.3. The van der Waals surface area contributed by atoms with Crippen LogP contribution < -0.4 is 0 Å². The van der Waals surface area contributed by atoms with Crippen molar-refractivity contribution in [2.45, 2.75) is 13.0 Å². The predicted molar refractivity (Wildman–Crippen MR) is 57.4 cm³/mol. The highest BCUT2D eigenvalue weighted by Crippen LogP contribution is 2.26. The Bertz CT molecular complexity index is 543. The van der Waals surface area contributed by atoms with E-state index in [1.54, 1.807) is 0 Å². The van der Waals surface area contributed by atoms with Crippen LogP contribution >= 0.6 is 0 Å². The standard InChI is InChI=1S/C13H10O2/c14-13-7-12-10(8-15-13)6-5-9-3-1-2-4-11(9)12/h1-6H,7-8H2. The van der Waals surface area contributed by atoms with Crippen molar-refractivity contribution in [2.75, 3.05) is 0 Å². The van der Waals surface area contributed by atoms with Crippen molar-refractivity contribution in [1.29, 1.82) is 0 Å². The molecule has 15 heavy (non-hydrogen) atoms. The van der Waals surface area contributed by atoms with Gasteiger partial charge in [0.05, 0.1) is 6.42 Å². The van der Waals surface area contributed by atoms with Gasteiger partial charge in [-0.15, -0.1) is 0 Å². The maximum atomic E-state index is 11.2. The minimum atomic E-state index is -0.126. The first-order valence-electron chi connectivity index (χ1n) is 5.00. The number of rotatable bonds is 0. The average molecular weight is 198 g/mol. The van der Waals surface area contributed by atoms with Gasteiger partial charge in [0.15, 0.2) is 0 Å². The maximum absolute atomic E-state index is 11.2. The molecule has 0 spiro atoms. The van der Waals surface area contributed by atoms with Crippen LogP contribution in [0, 0.1) is 0 Å². The van der Waals surface area contributed by atoms with Crippen LogP contribution in [0.5, 0.6) is 0 Å². The van der Waals surface area contributed by atoms with E-state index in [0.29, 0.717) is 13.0 Å². The van der Waals surface area contributed by atoms with E-state index >= 15 is 0 Å². The molecule has 0 aromatic heterocycles. The molecule has 0 unspecified atom stereocenters. The molecule has 1 aliphatic rings. The number of benzene rings is 2. The van der Waals surface area contributed by atoms with E-state index in [4.69, 9.17) is 4.74 Å². The topological polar surface area (TPSA) is 26.3 Å². The molecule has 0 saturated carbocycles. The highest BCUT2D eigenvalue weighted by atomic mass is 16.5. The summed E-state index contributed by atoms with van der Waals surface area (Å²) in [6.07, 6.45) is 0.399. The zero-order chi connectivity index (χ0) is 10.3. The van der Waals surface area contributed by atoms with Crippen molar-refractivity contribution < 1.29 is 9.53 Å². The van der Waals surface area contributed by atoms with Crippen LogP contribution in [0.4, 0.5) is 0 Å². The number of carbonyl (C=O) groups excluding carboxylic acids is 1. The Morgan fingerprint density at radius 2 is 1.93 bits per heavy atom. The molecule has 0 N–H and O–H groups in total. The van der Waals surface area contributed by atoms with Gasteiger partial charge in [-0.1, -0.05) is 36.4 Å². The highest BCUT2D eigenvalue weighted by molar-refractivity contribution is 5.91. The van der Waals surface area contributed by atoms with Gasteiger partial charge in [-0.05, 0) is 21.9 Å². The molecule has 74 valence electrons. The molecule has 0 radical (unpaired) electrons. The summed E-state index contributed by atoms with van der Waals surface area (Å²) in [6.45, 7) is 0.416. The summed E-state index contributed by atoms with van der Waals surface area (Å²) in [4.78, 5) is 11.2. The summed E-state index contributed by atoms with van der Waals surface area (Å²) < 4.78 is 5.01. The molecule has 0 amide bonds. The van der Waals surface area contributed by atoms with Gasteiger partial charge in [-0.3, -0.25) is 4.79 Å². The Morgan fingerprint density at radius 1 is 1.07 bits per heavy atom. The number of hydrogen-bond acceptors (Lipinski definition) is 2. The molecule has 3 rings (SSSR count). The molecule has 0 aliphatic carbocycles. The van der Waals surface area contributed by atoms with Gasteiger partial charge < -0.3 is 4.74 Å².